The van der Waals surface area contributed by atoms with Gasteiger partial charge in [0.25, 0.3) is 0 Å². The van der Waals surface area contributed by atoms with Gasteiger partial charge in [-0.15, -0.1) is 0 Å². The van der Waals surface area contributed by atoms with Crippen LogP contribution in [-0.4, -0.2) is 41.3 Å². The Balaban J connectivity index is 1.71. The zero-order valence-corrected chi connectivity index (χ0v) is 19.7. The Labute approximate surface area is 203 Å². The van der Waals surface area contributed by atoms with Crippen molar-refractivity contribution in [1.29, 1.82) is 0 Å². The first-order chi connectivity index (χ1) is 17.0. The average molecular weight is 471 g/mol. The number of ether oxygens (including phenoxy) is 3. The fourth-order valence-corrected chi connectivity index (χ4v) is 3.52. The molecule has 1 heterocycles. The summed E-state index contributed by atoms with van der Waals surface area (Å²) in [5, 5.41) is 24.5. The Bertz CT molecular complexity index is 1390. The Kier molecular flexibility index (Phi) is 7.07. The van der Waals surface area contributed by atoms with Gasteiger partial charge in [-0.05, 0) is 65.7 Å². The molecule has 0 bridgehead atoms. The van der Waals surface area contributed by atoms with E-state index >= 15 is 0 Å². The second-order valence-corrected chi connectivity index (χ2v) is 7.64. The quantitative estimate of drug-likeness (QED) is 0.346. The molecule has 0 radical (unpaired) electrons. The molecule has 0 saturated heterocycles. The maximum atomic E-state index is 9.86. The molecule has 0 aliphatic carbocycles. The fraction of sp³-hybridized carbons (Fsp3) is 0.107. The lowest BCUT2D eigenvalue weighted by atomic mass is 10.1. The van der Waals surface area contributed by atoms with Crippen LogP contribution in [0, 0.1) is 0 Å². The summed E-state index contributed by atoms with van der Waals surface area (Å²) in [6.45, 7) is 0. The van der Waals surface area contributed by atoms with E-state index in [-0.39, 0.29) is 11.5 Å². The van der Waals surface area contributed by atoms with Gasteiger partial charge in [0, 0.05) is 6.07 Å². The van der Waals surface area contributed by atoms with Gasteiger partial charge in [-0.25, -0.2) is 4.68 Å². The number of phenolic OH excluding ortho intramolecular Hbond substituents is 2. The largest absolute Gasteiger partial charge is 0.504 e. The first kappa shape index (κ1) is 23.5. The lowest BCUT2D eigenvalue weighted by Crippen LogP contribution is -1.99. The summed E-state index contributed by atoms with van der Waals surface area (Å²) in [7, 11) is 4.66. The number of hydrogen-bond acceptors (Lipinski definition) is 6. The van der Waals surface area contributed by atoms with Gasteiger partial charge in [-0.1, -0.05) is 30.4 Å². The minimum Gasteiger partial charge on any atom is -0.504 e. The zero-order chi connectivity index (χ0) is 24.8. The van der Waals surface area contributed by atoms with Crippen LogP contribution in [0.3, 0.4) is 0 Å². The molecule has 0 aliphatic rings. The van der Waals surface area contributed by atoms with Gasteiger partial charge >= 0.3 is 0 Å². The van der Waals surface area contributed by atoms with E-state index in [0.717, 1.165) is 34.0 Å². The van der Waals surface area contributed by atoms with Gasteiger partial charge in [0.15, 0.2) is 23.0 Å². The molecular weight excluding hydrogens is 444 g/mol. The second-order valence-electron chi connectivity index (χ2n) is 7.64. The first-order valence-corrected chi connectivity index (χ1v) is 10.9. The molecule has 0 amide bonds. The molecule has 3 aromatic carbocycles. The number of phenols is 2. The molecule has 0 saturated carbocycles. The smallest absolute Gasteiger partial charge is 0.161 e. The molecule has 7 nitrogen and oxygen atoms in total. The van der Waals surface area contributed by atoms with Gasteiger partial charge in [-0.2, -0.15) is 5.10 Å². The molecule has 35 heavy (non-hydrogen) atoms. The van der Waals surface area contributed by atoms with Crippen LogP contribution < -0.4 is 14.2 Å². The highest BCUT2D eigenvalue weighted by atomic mass is 16.5. The zero-order valence-electron chi connectivity index (χ0n) is 19.7. The standard InChI is InChI=1S/C28H26N2O5/c1-33-24-6-4-5-22(18-24)30-23(12-8-20-10-14-26(32)28(16-20)35-3)17-21(29-30)11-7-19-9-13-25(31)27(15-19)34-2/h4-18,31-32H,1-3H3/b11-7+,12-8+. The highest BCUT2D eigenvalue weighted by Crippen LogP contribution is 2.29. The summed E-state index contributed by atoms with van der Waals surface area (Å²) in [6.07, 6.45) is 7.66. The van der Waals surface area contributed by atoms with E-state index in [9.17, 15) is 10.2 Å². The molecule has 4 rings (SSSR count). The Morgan fingerprint density at radius 1 is 0.686 bits per heavy atom. The summed E-state index contributed by atoms with van der Waals surface area (Å²) in [4.78, 5) is 0. The van der Waals surface area contributed by atoms with Crippen LogP contribution in [0.15, 0.2) is 66.7 Å². The van der Waals surface area contributed by atoms with E-state index in [4.69, 9.17) is 19.3 Å². The highest BCUT2D eigenvalue weighted by Gasteiger charge is 2.09. The van der Waals surface area contributed by atoms with Gasteiger partial charge < -0.3 is 24.4 Å². The van der Waals surface area contributed by atoms with Gasteiger partial charge in [0.05, 0.1) is 38.4 Å². The molecule has 0 fully saturated rings. The number of benzene rings is 3. The SMILES string of the molecule is COc1cccc(-n2nc(/C=C/c3ccc(O)c(OC)c3)cc2/C=C/c2ccc(O)c(OC)c2)c1. The van der Waals surface area contributed by atoms with E-state index in [1.54, 1.807) is 43.5 Å². The third-order valence-corrected chi connectivity index (χ3v) is 5.35. The van der Waals surface area contributed by atoms with Crippen molar-refractivity contribution >= 4 is 24.3 Å². The number of rotatable bonds is 8. The monoisotopic (exact) mass is 470 g/mol. The van der Waals surface area contributed by atoms with Crippen LogP contribution >= 0.6 is 0 Å². The van der Waals surface area contributed by atoms with Crippen LogP contribution in [0.4, 0.5) is 0 Å². The summed E-state index contributed by atoms with van der Waals surface area (Å²) >= 11 is 0. The van der Waals surface area contributed by atoms with Crippen LogP contribution in [0.1, 0.15) is 22.5 Å². The molecule has 0 spiro atoms. The van der Waals surface area contributed by atoms with Gasteiger partial charge in [0.2, 0.25) is 0 Å². The van der Waals surface area contributed by atoms with Crippen molar-refractivity contribution in [3.05, 3.63) is 89.2 Å². The molecule has 178 valence electrons. The highest BCUT2D eigenvalue weighted by molar-refractivity contribution is 5.74. The minimum absolute atomic E-state index is 0.0874. The van der Waals surface area contributed by atoms with Crippen molar-refractivity contribution in [2.24, 2.45) is 0 Å². The Hall–Kier alpha value is -4.65. The molecule has 2 N–H and O–H groups in total. The van der Waals surface area contributed by atoms with Crippen molar-refractivity contribution in [1.82, 2.24) is 9.78 Å². The molecule has 0 unspecified atom stereocenters. The third kappa shape index (κ3) is 5.47. The molecular formula is C28H26N2O5. The topological polar surface area (TPSA) is 86.0 Å². The van der Waals surface area contributed by atoms with Gasteiger partial charge in [-0.3, -0.25) is 0 Å². The van der Waals surface area contributed by atoms with E-state index in [1.807, 2.05) is 59.3 Å². The predicted octanol–water partition coefficient (Wildman–Crippen LogP) is 5.65. The Morgan fingerprint density at radius 3 is 1.91 bits per heavy atom. The van der Waals surface area contributed by atoms with Crippen molar-refractivity contribution in [2.75, 3.05) is 21.3 Å². The summed E-state index contributed by atoms with van der Waals surface area (Å²) in [6, 6.07) is 19.9. The van der Waals surface area contributed by atoms with Crippen LogP contribution in [0.5, 0.6) is 28.7 Å². The second kappa shape index (κ2) is 10.5. The summed E-state index contributed by atoms with van der Waals surface area (Å²) < 4.78 is 17.6. The normalized spacial score (nSPS) is 11.3. The van der Waals surface area contributed by atoms with E-state index < -0.39 is 0 Å². The predicted molar refractivity (Wildman–Crippen MR) is 137 cm³/mol. The maximum absolute atomic E-state index is 9.86. The van der Waals surface area contributed by atoms with Crippen molar-refractivity contribution < 1.29 is 24.4 Å². The summed E-state index contributed by atoms with van der Waals surface area (Å²) in [5.41, 5.74) is 4.16. The molecule has 0 atom stereocenters. The van der Waals surface area contributed by atoms with Crippen LogP contribution in [0.25, 0.3) is 30.0 Å². The average Bonchev–Trinajstić information content (AvgIpc) is 3.30. The molecule has 7 heteroatoms. The number of aromatic hydroxyl groups is 2. The number of aromatic nitrogens is 2. The lowest BCUT2D eigenvalue weighted by molar-refractivity contribution is 0.373. The van der Waals surface area contributed by atoms with E-state index in [0.29, 0.717) is 11.5 Å². The summed E-state index contributed by atoms with van der Waals surface area (Å²) in [5.74, 6) is 1.71. The lowest BCUT2D eigenvalue weighted by Gasteiger charge is -2.07. The number of nitrogens with zero attached hydrogens (tertiary/aromatic N) is 2. The van der Waals surface area contributed by atoms with Gasteiger partial charge in [0.1, 0.15) is 5.75 Å². The molecule has 1 aromatic heterocycles. The molecule has 4 aromatic rings. The fourth-order valence-electron chi connectivity index (χ4n) is 3.52. The Morgan fingerprint density at radius 2 is 1.31 bits per heavy atom. The van der Waals surface area contributed by atoms with Crippen molar-refractivity contribution in [3.63, 3.8) is 0 Å². The number of methoxy groups -OCH3 is 3. The van der Waals surface area contributed by atoms with Crippen molar-refractivity contribution in [3.8, 4) is 34.4 Å². The maximum Gasteiger partial charge on any atom is 0.161 e. The van der Waals surface area contributed by atoms with Crippen LogP contribution in [0.2, 0.25) is 0 Å². The molecule has 0 aliphatic heterocycles. The first-order valence-electron chi connectivity index (χ1n) is 10.9. The minimum atomic E-state index is 0.0874. The number of hydrogen-bond donors (Lipinski definition) is 2. The van der Waals surface area contributed by atoms with E-state index in [2.05, 4.69) is 0 Å². The third-order valence-electron chi connectivity index (χ3n) is 5.35. The van der Waals surface area contributed by atoms with Crippen LogP contribution in [-0.2, 0) is 0 Å². The van der Waals surface area contributed by atoms with E-state index in [1.165, 1.54) is 14.2 Å². The van der Waals surface area contributed by atoms with Crippen molar-refractivity contribution in [2.45, 2.75) is 0 Å².